The van der Waals surface area contributed by atoms with Crippen LogP contribution in [0.3, 0.4) is 0 Å². The summed E-state index contributed by atoms with van der Waals surface area (Å²) < 4.78 is 0. The normalized spacial score (nSPS) is 33.2. The van der Waals surface area contributed by atoms with Crippen molar-refractivity contribution in [3.05, 3.63) is 12.2 Å². The lowest BCUT2D eigenvalue weighted by Gasteiger charge is -2.43. The topological polar surface area (TPSA) is 58.2 Å². The van der Waals surface area contributed by atoms with Gasteiger partial charge in [-0.2, -0.15) is 0 Å². The molecule has 1 saturated carbocycles. The van der Waals surface area contributed by atoms with Crippen LogP contribution in [0.4, 0.5) is 0 Å². The Hall–Kier alpha value is -1.32. The van der Waals surface area contributed by atoms with Crippen LogP contribution in [0.15, 0.2) is 12.2 Å². The van der Waals surface area contributed by atoms with E-state index in [0.29, 0.717) is 13.1 Å². The van der Waals surface area contributed by atoms with Gasteiger partial charge < -0.3 is 10.6 Å². The average molecular weight is 250 g/mol. The third kappa shape index (κ3) is 2.28. The molecular weight excluding hydrogens is 228 g/mol. The molecule has 4 nitrogen and oxygen atoms in total. The van der Waals surface area contributed by atoms with E-state index in [4.69, 9.17) is 0 Å². The highest BCUT2D eigenvalue weighted by molar-refractivity contribution is 5.89. The predicted octanol–water partition coefficient (Wildman–Crippen LogP) is 1.09. The molecule has 0 saturated heterocycles. The molecule has 2 bridgehead atoms. The Labute approximate surface area is 108 Å². The Morgan fingerprint density at radius 2 is 1.33 bits per heavy atom. The van der Waals surface area contributed by atoms with Gasteiger partial charge >= 0.3 is 0 Å². The van der Waals surface area contributed by atoms with Crippen LogP contribution in [0.2, 0.25) is 0 Å². The lowest BCUT2D eigenvalue weighted by atomic mass is 9.61. The number of amides is 2. The molecule has 1 fully saturated rings. The van der Waals surface area contributed by atoms with Crippen LogP contribution in [0.25, 0.3) is 0 Å². The second-order valence-corrected chi connectivity index (χ2v) is 5.13. The highest BCUT2D eigenvalue weighted by atomic mass is 16.2. The van der Waals surface area contributed by atoms with Gasteiger partial charge in [0, 0.05) is 13.1 Å². The van der Waals surface area contributed by atoms with E-state index in [1.165, 1.54) is 0 Å². The van der Waals surface area contributed by atoms with E-state index < -0.39 is 0 Å². The van der Waals surface area contributed by atoms with Gasteiger partial charge in [0.25, 0.3) is 0 Å². The fourth-order valence-electron chi connectivity index (χ4n) is 3.29. The van der Waals surface area contributed by atoms with Gasteiger partial charge in [-0.25, -0.2) is 0 Å². The number of hydrogen-bond donors (Lipinski definition) is 2. The molecule has 0 aromatic carbocycles. The van der Waals surface area contributed by atoms with Crippen molar-refractivity contribution in [1.82, 2.24) is 10.6 Å². The largest absolute Gasteiger partial charge is 0.356 e. The van der Waals surface area contributed by atoms with E-state index >= 15 is 0 Å². The Balaban J connectivity index is 2.20. The molecule has 4 atom stereocenters. The monoisotopic (exact) mass is 250 g/mol. The van der Waals surface area contributed by atoms with E-state index in [1.807, 2.05) is 13.8 Å². The summed E-state index contributed by atoms with van der Waals surface area (Å²) in [6.07, 6.45) is 6.31. The van der Waals surface area contributed by atoms with Crippen molar-refractivity contribution < 1.29 is 9.59 Å². The van der Waals surface area contributed by atoms with E-state index in [0.717, 1.165) is 12.8 Å². The SMILES string of the molecule is CCNC(=O)[C@@H]1[C@@H](C(=O)NCC)[C@H]2C=C[C@H]1CC2. The Morgan fingerprint density at radius 3 is 1.61 bits per heavy atom. The molecule has 3 aliphatic rings. The molecule has 0 aromatic rings. The number of hydrogen-bond acceptors (Lipinski definition) is 2. The number of carbonyl (C=O) groups excluding carboxylic acids is 2. The van der Waals surface area contributed by atoms with Crippen molar-refractivity contribution in [3.63, 3.8) is 0 Å². The summed E-state index contributed by atoms with van der Waals surface area (Å²) in [5.41, 5.74) is 0. The first-order valence-electron chi connectivity index (χ1n) is 6.92. The van der Waals surface area contributed by atoms with Crippen molar-refractivity contribution in [1.29, 1.82) is 0 Å². The summed E-state index contributed by atoms with van der Waals surface area (Å²) in [7, 11) is 0. The Kier molecular flexibility index (Phi) is 4.04. The van der Waals surface area contributed by atoms with Crippen LogP contribution in [-0.4, -0.2) is 24.9 Å². The van der Waals surface area contributed by atoms with Gasteiger partial charge in [0.15, 0.2) is 0 Å². The van der Waals surface area contributed by atoms with Crippen LogP contribution >= 0.6 is 0 Å². The van der Waals surface area contributed by atoms with Gasteiger partial charge in [-0.1, -0.05) is 12.2 Å². The maximum Gasteiger partial charge on any atom is 0.224 e. The van der Waals surface area contributed by atoms with Gasteiger partial charge in [-0.3, -0.25) is 9.59 Å². The fraction of sp³-hybridized carbons (Fsp3) is 0.714. The first kappa shape index (κ1) is 13.1. The van der Waals surface area contributed by atoms with Crippen LogP contribution < -0.4 is 10.6 Å². The summed E-state index contributed by atoms with van der Waals surface area (Å²) in [4.78, 5) is 24.4. The average Bonchev–Trinajstić information content (AvgIpc) is 2.39. The van der Waals surface area contributed by atoms with Gasteiger partial charge in [0.1, 0.15) is 0 Å². The molecule has 3 aliphatic carbocycles. The molecule has 0 aliphatic heterocycles. The summed E-state index contributed by atoms with van der Waals surface area (Å²) in [5, 5.41) is 5.75. The minimum Gasteiger partial charge on any atom is -0.356 e. The molecule has 0 unspecified atom stereocenters. The number of nitrogens with one attached hydrogen (secondary N) is 2. The number of rotatable bonds is 4. The zero-order valence-electron chi connectivity index (χ0n) is 11.1. The second-order valence-electron chi connectivity index (χ2n) is 5.13. The van der Waals surface area contributed by atoms with Crippen molar-refractivity contribution in [3.8, 4) is 0 Å². The smallest absolute Gasteiger partial charge is 0.224 e. The predicted molar refractivity (Wildman–Crippen MR) is 69.7 cm³/mol. The first-order chi connectivity index (χ1) is 8.69. The maximum absolute atomic E-state index is 12.2. The highest BCUT2D eigenvalue weighted by Gasteiger charge is 2.47. The molecule has 3 rings (SSSR count). The summed E-state index contributed by atoms with van der Waals surface area (Å²) in [6.45, 7) is 5.07. The zero-order valence-corrected chi connectivity index (χ0v) is 11.1. The summed E-state index contributed by atoms with van der Waals surface area (Å²) in [6, 6.07) is 0. The standard InChI is InChI=1S/C14H22N2O2/c1-3-15-13(17)11-9-5-7-10(8-6-9)12(11)14(18)16-4-2/h5,7,9-12H,3-4,6,8H2,1-2H3,(H,15,17)(H,16,18)/t9-,10-,11-,12-/m0/s1. The molecule has 18 heavy (non-hydrogen) atoms. The number of allylic oxidation sites excluding steroid dienone is 2. The third-order valence-corrected chi connectivity index (χ3v) is 4.06. The zero-order chi connectivity index (χ0) is 13.1. The molecule has 0 heterocycles. The first-order valence-corrected chi connectivity index (χ1v) is 6.92. The number of carbonyl (C=O) groups is 2. The van der Waals surface area contributed by atoms with E-state index in [2.05, 4.69) is 22.8 Å². The molecule has 4 heteroatoms. The summed E-state index contributed by atoms with van der Waals surface area (Å²) in [5.74, 6) is 0.171. The molecule has 0 spiro atoms. The molecule has 0 radical (unpaired) electrons. The van der Waals surface area contributed by atoms with E-state index in [1.54, 1.807) is 0 Å². The van der Waals surface area contributed by atoms with Crippen LogP contribution in [0, 0.1) is 23.7 Å². The van der Waals surface area contributed by atoms with Gasteiger partial charge in [-0.05, 0) is 38.5 Å². The molecule has 2 amide bonds. The maximum atomic E-state index is 12.2. The molecular formula is C14H22N2O2. The minimum atomic E-state index is -0.180. The quantitative estimate of drug-likeness (QED) is 0.734. The van der Waals surface area contributed by atoms with Crippen LogP contribution in [0.1, 0.15) is 26.7 Å². The van der Waals surface area contributed by atoms with E-state index in [9.17, 15) is 9.59 Å². The Bertz CT molecular complexity index is 331. The lowest BCUT2D eigenvalue weighted by Crippen LogP contribution is -2.51. The second kappa shape index (κ2) is 5.55. The summed E-state index contributed by atoms with van der Waals surface area (Å²) >= 11 is 0. The number of fused-ring (bicyclic) bond motifs is 2. The van der Waals surface area contributed by atoms with Crippen molar-refractivity contribution in [2.45, 2.75) is 26.7 Å². The van der Waals surface area contributed by atoms with Gasteiger partial charge in [0.05, 0.1) is 11.8 Å². The molecule has 0 aromatic heterocycles. The Morgan fingerprint density at radius 1 is 0.944 bits per heavy atom. The van der Waals surface area contributed by atoms with Crippen molar-refractivity contribution in [2.24, 2.45) is 23.7 Å². The van der Waals surface area contributed by atoms with Crippen molar-refractivity contribution >= 4 is 11.8 Å². The van der Waals surface area contributed by atoms with Gasteiger partial charge in [0.2, 0.25) is 11.8 Å². The van der Waals surface area contributed by atoms with Gasteiger partial charge in [-0.15, -0.1) is 0 Å². The third-order valence-electron chi connectivity index (χ3n) is 4.06. The highest BCUT2D eigenvalue weighted by Crippen LogP contribution is 2.44. The molecule has 2 N–H and O–H groups in total. The lowest BCUT2D eigenvalue weighted by molar-refractivity contribution is -0.140. The van der Waals surface area contributed by atoms with Crippen LogP contribution in [-0.2, 0) is 9.59 Å². The minimum absolute atomic E-state index is 0.0350. The van der Waals surface area contributed by atoms with Crippen molar-refractivity contribution in [2.75, 3.05) is 13.1 Å². The van der Waals surface area contributed by atoms with Crippen LogP contribution in [0.5, 0.6) is 0 Å². The fourth-order valence-corrected chi connectivity index (χ4v) is 3.29. The van der Waals surface area contributed by atoms with E-state index in [-0.39, 0.29) is 35.5 Å². The molecule has 100 valence electrons.